The molecule has 1 aliphatic rings. The highest BCUT2D eigenvalue weighted by Crippen LogP contribution is 2.33. The van der Waals surface area contributed by atoms with Gasteiger partial charge in [0.1, 0.15) is 17.1 Å². The van der Waals surface area contributed by atoms with Crippen LogP contribution in [0.25, 0.3) is 11.0 Å². The maximum absolute atomic E-state index is 12.4. The molecule has 0 bridgehead atoms. The normalized spacial score (nSPS) is 13.9. The molecule has 0 unspecified atom stereocenters. The molecule has 26 heavy (non-hydrogen) atoms. The number of hydrogen-bond donors (Lipinski definition) is 0. The van der Waals surface area contributed by atoms with Gasteiger partial charge in [0.15, 0.2) is 0 Å². The summed E-state index contributed by atoms with van der Waals surface area (Å²) in [6.07, 6.45) is 4.26. The predicted molar refractivity (Wildman–Crippen MR) is 98.5 cm³/mol. The summed E-state index contributed by atoms with van der Waals surface area (Å²) in [6, 6.07) is 9.86. The first-order valence-electron chi connectivity index (χ1n) is 9.04. The van der Waals surface area contributed by atoms with Crippen molar-refractivity contribution >= 4 is 17.0 Å². The van der Waals surface area contributed by atoms with E-state index in [-0.39, 0.29) is 5.97 Å². The van der Waals surface area contributed by atoms with Gasteiger partial charge in [0.25, 0.3) is 0 Å². The van der Waals surface area contributed by atoms with Crippen LogP contribution in [0.2, 0.25) is 0 Å². The van der Waals surface area contributed by atoms with Crippen molar-refractivity contribution in [1.29, 1.82) is 0 Å². The van der Waals surface area contributed by atoms with E-state index in [0.717, 1.165) is 28.9 Å². The molecule has 2 heterocycles. The molecule has 1 fully saturated rings. The smallest absolute Gasteiger partial charge is 0.355 e. The first kappa shape index (κ1) is 16.7. The lowest BCUT2D eigenvalue weighted by Gasteiger charge is -2.12. The topological polar surface area (TPSA) is 58.3 Å². The molecule has 0 radical (unpaired) electrons. The molecule has 6 nitrogen and oxygen atoms in total. The molecule has 2 aromatic heterocycles. The number of aromatic nitrogens is 3. The summed E-state index contributed by atoms with van der Waals surface area (Å²) in [5.41, 5.74) is 2.73. The summed E-state index contributed by atoms with van der Waals surface area (Å²) < 4.78 is 14.5. The van der Waals surface area contributed by atoms with Crippen molar-refractivity contribution in [3.8, 4) is 5.75 Å². The predicted octanol–water partition coefficient (Wildman–Crippen LogP) is 3.48. The number of benzene rings is 1. The quantitative estimate of drug-likeness (QED) is 0.610. The highest BCUT2D eigenvalue weighted by atomic mass is 16.5. The molecule has 0 spiro atoms. The molecular formula is C20H23N3O3. The molecule has 4 rings (SSSR count). The van der Waals surface area contributed by atoms with Crippen LogP contribution in [-0.2, 0) is 17.8 Å². The van der Waals surface area contributed by atoms with Crippen LogP contribution in [0.3, 0.4) is 0 Å². The lowest BCUT2D eigenvalue weighted by Crippen LogP contribution is -2.15. The standard InChI is InChI=1S/C20H23N3O3/c1-3-26-20(24)18-10-16-11-21-23(19(16)22(18)12-14-4-5-14)13-15-6-8-17(25-2)9-7-15/h6-11,14H,3-5,12-13H2,1-2H3. The van der Waals surface area contributed by atoms with E-state index in [2.05, 4.69) is 9.67 Å². The van der Waals surface area contributed by atoms with E-state index in [9.17, 15) is 4.79 Å². The Morgan fingerprint density at radius 3 is 2.69 bits per heavy atom. The van der Waals surface area contributed by atoms with Crippen LogP contribution < -0.4 is 4.74 Å². The minimum Gasteiger partial charge on any atom is -0.497 e. The first-order chi connectivity index (χ1) is 12.7. The number of rotatable bonds is 7. The molecule has 1 aliphatic carbocycles. The fraction of sp³-hybridized carbons (Fsp3) is 0.400. The fourth-order valence-corrected chi connectivity index (χ4v) is 3.27. The SMILES string of the molecule is CCOC(=O)c1cc2cnn(Cc3ccc(OC)cc3)c2n1CC1CC1. The Morgan fingerprint density at radius 2 is 2.04 bits per heavy atom. The van der Waals surface area contributed by atoms with Crippen LogP contribution in [0.1, 0.15) is 35.8 Å². The van der Waals surface area contributed by atoms with Gasteiger partial charge in [-0.25, -0.2) is 9.48 Å². The molecule has 1 aromatic carbocycles. The van der Waals surface area contributed by atoms with Gasteiger partial charge in [-0.05, 0) is 49.4 Å². The first-order valence-corrected chi connectivity index (χ1v) is 9.04. The third-order valence-corrected chi connectivity index (χ3v) is 4.79. The lowest BCUT2D eigenvalue weighted by atomic mass is 10.2. The van der Waals surface area contributed by atoms with E-state index >= 15 is 0 Å². The molecule has 6 heteroatoms. The Hall–Kier alpha value is -2.76. The second-order valence-corrected chi connectivity index (χ2v) is 6.73. The van der Waals surface area contributed by atoms with E-state index < -0.39 is 0 Å². The van der Waals surface area contributed by atoms with Crippen molar-refractivity contribution in [2.45, 2.75) is 32.9 Å². The van der Waals surface area contributed by atoms with Crippen LogP contribution in [0, 0.1) is 5.92 Å². The van der Waals surface area contributed by atoms with Crippen molar-refractivity contribution in [2.75, 3.05) is 13.7 Å². The van der Waals surface area contributed by atoms with Crippen molar-refractivity contribution in [2.24, 2.45) is 5.92 Å². The lowest BCUT2D eigenvalue weighted by molar-refractivity contribution is 0.0514. The number of hydrogen-bond acceptors (Lipinski definition) is 4. The van der Waals surface area contributed by atoms with Crippen molar-refractivity contribution < 1.29 is 14.3 Å². The zero-order valence-corrected chi connectivity index (χ0v) is 15.1. The van der Waals surface area contributed by atoms with Crippen LogP contribution in [-0.4, -0.2) is 34.0 Å². The minimum atomic E-state index is -0.264. The largest absolute Gasteiger partial charge is 0.497 e. The van der Waals surface area contributed by atoms with Crippen LogP contribution in [0.5, 0.6) is 5.75 Å². The number of carbonyl (C=O) groups excluding carboxylic acids is 1. The van der Waals surface area contributed by atoms with Gasteiger partial charge in [-0.3, -0.25) is 0 Å². The summed E-state index contributed by atoms with van der Waals surface area (Å²) in [7, 11) is 1.66. The Kier molecular flexibility index (Phi) is 4.41. The number of methoxy groups -OCH3 is 1. The third kappa shape index (κ3) is 3.19. The van der Waals surface area contributed by atoms with Gasteiger partial charge in [-0.2, -0.15) is 5.10 Å². The molecule has 3 aromatic rings. The zero-order chi connectivity index (χ0) is 18.1. The van der Waals surface area contributed by atoms with Crippen LogP contribution in [0.4, 0.5) is 0 Å². The number of fused-ring (bicyclic) bond motifs is 1. The van der Waals surface area contributed by atoms with Gasteiger partial charge < -0.3 is 14.0 Å². The summed E-state index contributed by atoms with van der Waals surface area (Å²) in [5, 5.41) is 5.51. The van der Waals surface area contributed by atoms with Crippen LogP contribution >= 0.6 is 0 Å². The number of ether oxygens (including phenoxy) is 2. The van der Waals surface area contributed by atoms with Gasteiger partial charge >= 0.3 is 5.97 Å². The average molecular weight is 353 g/mol. The molecule has 0 saturated heterocycles. The molecule has 0 atom stereocenters. The second-order valence-electron chi connectivity index (χ2n) is 6.73. The summed E-state index contributed by atoms with van der Waals surface area (Å²) in [4.78, 5) is 12.4. The minimum absolute atomic E-state index is 0.264. The Bertz CT molecular complexity index is 920. The zero-order valence-electron chi connectivity index (χ0n) is 15.1. The van der Waals surface area contributed by atoms with Crippen molar-refractivity contribution in [3.05, 3.63) is 47.8 Å². The number of carbonyl (C=O) groups is 1. The molecular weight excluding hydrogens is 330 g/mol. The number of esters is 1. The van der Waals surface area contributed by atoms with E-state index in [1.54, 1.807) is 7.11 Å². The van der Waals surface area contributed by atoms with E-state index in [1.807, 2.05) is 48.1 Å². The maximum atomic E-state index is 12.4. The van der Waals surface area contributed by atoms with Gasteiger partial charge in [-0.1, -0.05) is 12.1 Å². The van der Waals surface area contributed by atoms with E-state index in [4.69, 9.17) is 9.47 Å². The van der Waals surface area contributed by atoms with Crippen molar-refractivity contribution in [1.82, 2.24) is 14.3 Å². The monoisotopic (exact) mass is 353 g/mol. The van der Waals surface area contributed by atoms with Gasteiger partial charge in [0.2, 0.25) is 0 Å². The maximum Gasteiger partial charge on any atom is 0.355 e. The molecule has 0 N–H and O–H groups in total. The Labute approximate surface area is 152 Å². The van der Waals surface area contributed by atoms with Crippen LogP contribution in [0.15, 0.2) is 36.5 Å². The van der Waals surface area contributed by atoms with Gasteiger partial charge in [-0.15, -0.1) is 0 Å². The Morgan fingerprint density at radius 1 is 1.27 bits per heavy atom. The summed E-state index contributed by atoms with van der Waals surface area (Å²) >= 11 is 0. The van der Waals surface area contributed by atoms with Crippen molar-refractivity contribution in [3.63, 3.8) is 0 Å². The summed E-state index contributed by atoms with van der Waals surface area (Å²) in [5.74, 6) is 1.21. The Balaban J connectivity index is 1.71. The molecule has 1 saturated carbocycles. The highest BCUT2D eigenvalue weighted by Gasteiger charge is 2.27. The average Bonchev–Trinajstić information content (AvgIpc) is 3.28. The number of nitrogens with zero attached hydrogens (tertiary/aromatic N) is 3. The molecule has 0 amide bonds. The molecule has 0 aliphatic heterocycles. The fourth-order valence-electron chi connectivity index (χ4n) is 3.27. The van der Waals surface area contributed by atoms with Gasteiger partial charge in [0, 0.05) is 11.9 Å². The van der Waals surface area contributed by atoms with Gasteiger partial charge in [0.05, 0.1) is 26.5 Å². The summed E-state index contributed by atoms with van der Waals surface area (Å²) in [6.45, 7) is 3.69. The molecule has 136 valence electrons. The van der Waals surface area contributed by atoms with E-state index in [0.29, 0.717) is 24.8 Å². The highest BCUT2D eigenvalue weighted by molar-refractivity contribution is 5.94. The second kappa shape index (κ2) is 6.86. The third-order valence-electron chi connectivity index (χ3n) is 4.79. The van der Waals surface area contributed by atoms with E-state index in [1.165, 1.54) is 12.8 Å².